The minimum Gasteiger partial charge on any atom is -0.371 e. The average molecular weight is 227 g/mol. The Labute approximate surface area is 96.2 Å². The summed E-state index contributed by atoms with van der Waals surface area (Å²) in [5.74, 6) is 0. The normalized spacial score (nSPS) is 28.5. The summed E-state index contributed by atoms with van der Waals surface area (Å²) in [6, 6.07) is -0.108. The lowest BCUT2D eigenvalue weighted by atomic mass is 9.87. The maximum Gasteiger partial charge on any atom is 0.320 e. The van der Waals surface area contributed by atoms with Crippen molar-refractivity contribution in [2.75, 3.05) is 19.6 Å². The van der Waals surface area contributed by atoms with Gasteiger partial charge in [-0.1, -0.05) is 13.3 Å². The zero-order valence-corrected chi connectivity index (χ0v) is 9.83. The Balaban J connectivity index is 2.05. The molecule has 0 aromatic carbocycles. The molecule has 2 rings (SSSR count). The maximum atomic E-state index is 11.8. The first kappa shape index (κ1) is 11.7. The SMILES string of the molecule is CCCCN1C(=O)NC2(CCNCC2)C1O. The fraction of sp³-hybridized carbons (Fsp3) is 0.909. The van der Waals surface area contributed by atoms with E-state index in [-0.39, 0.29) is 6.03 Å². The summed E-state index contributed by atoms with van der Waals surface area (Å²) >= 11 is 0. The molecule has 3 N–H and O–H groups in total. The van der Waals surface area contributed by atoms with E-state index in [1.54, 1.807) is 4.90 Å². The molecule has 2 heterocycles. The predicted octanol–water partition coefficient (Wildman–Crippen LogP) is 0.252. The number of unbranched alkanes of at least 4 members (excludes halogenated alkanes) is 1. The van der Waals surface area contributed by atoms with Gasteiger partial charge in [0.1, 0.15) is 0 Å². The van der Waals surface area contributed by atoms with Gasteiger partial charge in [0.2, 0.25) is 0 Å². The van der Waals surface area contributed by atoms with Crippen molar-refractivity contribution in [1.82, 2.24) is 15.5 Å². The van der Waals surface area contributed by atoms with Gasteiger partial charge in [0.15, 0.2) is 6.23 Å². The number of rotatable bonds is 3. The Morgan fingerprint density at radius 1 is 1.50 bits per heavy atom. The van der Waals surface area contributed by atoms with Gasteiger partial charge >= 0.3 is 6.03 Å². The average Bonchev–Trinajstić information content (AvgIpc) is 2.50. The molecule has 2 fully saturated rings. The van der Waals surface area contributed by atoms with Gasteiger partial charge in [-0.05, 0) is 32.4 Å². The monoisotopic (exact) mass is 227 g/mol. The summed E-state index contributed by atoms with van der Waals surface area (Å²) in [4.78, 5) is 13.4. The number of aliphatic hydroxyl groups excluding tert-OH is 1. The minimum atomic E-state index is -0.659. The van der Waals surface area contributed by atoms with Gasteiger partial charge in [0.05, 0.1) is 5.54 Å². The van der Waals surface area contributed by atoms with Crippen LogP contribution in [0.2, 0.25) is 0 Å². The van der Waals surface area contributed by atoms with Gasteiger partial charge in [0.25, 0.3) is 0 Å². The van der Waals surface area contributed by atoms with E-state index in [9.17, 15) is 9.90 Å². The van der Waals surface area contributed by atoms with E-state index < -0.39 is 11.8 Å². The lowest BCUT2D eigenvalue weighted by molar-refractivity contribution is -0.0104. The van der Waals surface area contributed by atoms with Gasteiger partial charge in [-0.2, -0.15) is 0 Å². The second-order valence-corrected chi connectivity index (χ2v) is 4.76. The molecular weight excluding hydrogens is 206 g/mol. The maximum absolute atomic E-state index is 11.8. The number of amides is 2. The van der Waals surface area contributed by atoms with Crippen molar-refractivity contribution in [3.05, 3.63) is 0 Å². The highest BCUT2D eigenvalue weighted by atomic mass is 16.3. The van der Waals surface area contributed by atoms with Gasteiger partial charge in [-0.25, -0.2) is 4.79 Å². The lowest BCUT2D eigenvalue weighted by Crippen LogP contribution is -2.56. The third-order valence-corrected chi connectivity index (χ3v) is 3.65. The van der Waals surface area contributed by atoms with Gasteiger partial charge < -0.3 is 15.7 Å². The summed E-state index contributed by atoms with van der Waals surface area (Å²) < 4.78 is 0. The second-order valence-electron chi connectivity index (χ2n) is 4.76. The van der Waals surface area contributed by atoms with E-state index in [4.69, 9.17) is 0 Å². The van der Waals surface area contributed by atoms with E-state index in [1.165, 1.54) is 0 Å². The molecule has 2 aliphatic rings. The first-order chi connectivity index (χ1) is 7.69. The molecule has 0 aromatic heterocycles. The van der Waals surface area contributed by atoms with Crippen molar-refractivity contribution in [2.24, 2.45) is 0 Å². The summed E-state index contributed by atoms with van der Waals surface area (Å²) in [5.41, 5.74) is -0.407. The van der Waals surface area contributed by atoms with Gasteiger partial charge in [-0.3, -0.25) is 4.90 Å². The molecule has 1 spiro atoms. The summed E-state index contributed by atoms with van der Waals surface area (Å²) in [6.45, 7) is 4.46. The molecule has 0 aliphatic carbocycles. The van der Waals surface area contributed by atoms with E-state index in [1.807, 2.05) is 0 Å². The van der Waals surface area contributed by atoms with Crippen LogP contribution < -0.4 is 10.6 Å². The largest absolute Gasteiger partial charge is 0.371 e. The van der Waals surface area contributed by atoms with Crippen LogP contribution >= 0.6 is 0 Å². The Morgan fingerprint density at radius 2 is 2.19 bits per heavy atom. The molecular formula is C11H21N3O2. The Kier molecular flexibility index (Phi) is 3.35. The number of urea groups is 1. The number of aliphatic hydroxyl groups is 1. The van der Waals surface area contributed by atoms with E-state index in [2.05, 4.69) is 17.6 Å². The predicted molar refractivity (Wildman–Crippen MR) is 61.0 cm³/mol. The highest BCUT2D eigenvalue weighted by molar-refractivity contribution is 5.78. The number of carbonyl (C=O) groups excluding carboxylic acids is 1. The number of nitrogens with one attached hydrogen (secondary N) is 2. The van der Waals surface area contributed by atoms with Crippen molar-refractivity contribution in [2.45, 2.75) is 44.4 Å². The fourth-order valence-corrected chi connectivity index (χ4v) is 2.57. The van der Waals surface area contributed by atoms with Crippen LogP contribution in [-0.4, -0.2) is 47.4 Å². The van der Waals surface area contributed by atoms with Crippen LogP contribution in [0.4, 0.5) is 4.79 Å². The van der Waals surface area contributed by atoms with Crippen LogP contribution in [0.5, 0.6) is 0 Å². The van der Waals surface area contributed by atoms with Crippen LogP contribution in [0, 0.1) is 0 Å². The first-order valence-electron chi connectivity index (χ1n) is 6.17. The molecule has 2 aliphatic heterocycles. The van der Waals surface area contributed by atoms with Crippen molar-refractivity contribution in [3.63, 3.8) is 0 Å². The van der Waals surface area contributed by atoms with Crippen molar-refractivity contribution < 1.29 is 9.90 Å². The summed E-state index contributed by atoms with van der Waals surface area (Å²) in [6.07, 6.45) is 2.93. The zero-order valence-electron chi connectivity index (χ0n) is 9.83. The van der Waals surface area contributed by atoms with Crippen molar-refractivity contribution in [1.29, 1.82) is 0 Å². The highest BCUT2D eigenvalue weighted by Crippen LogP contribution is 2.30. The number of hydrogen-bond donors (Lipinski definition) is 3. The molecule has 2 saturated heterocycles. The topological polar surface area (TPSA) is 64.6 Å². The van der Waals surface area contributed by atoms with Crippen molar-refractivity contribution in [3.8, 4) is 0 Å². The third-order valence-electron chi connectivity index (χ3n) is 3.65. The van der Waals surface area contributed by atoms with Crippen LogP contribution in [0.1, 0.15) is 32.6 Å². The standard InChI is InChI=1S/C11H21N3O2/c1-2-3-8-14-9(15)11(13-10(14)16)4-6-12-7-5-11/h9,12,15H,2-8H2,1H3,(H,13,16). The molecule has 1 atom stereocenters. The molecule has 16 heavy (non-hydrogen) atoms. The highest BCUT2D eigenvalue weighted by Gasteiger charge is 2.50. The molecule has 1 unspecified atom stereocenters. The smallest absolute Gasteiger partial charge is 0.320 e. The van der Waals surface area contributed by atoms with Crippen LogP contribution in [0.15, 0.2) is 0 Å². The molecule has 5 heteroatoms. The van der Waals surface area contributed by atoms with E-state index in [0.717, 1.165) is 38.8 Å². The molecule has 2 amide bonds. The summed E-state index contributed by atoms with van der Waals surface area (Å²) in [5, 5.41) is 16.5. The van der Waals surface area contributed by atoms with Gasteiger partial charge in [0, 0.05) is 6.54 Å². The Hall–Kier alpha value is -0.810. The third kappa shape index (κ3) is 1.89. The number of hydrogen-bond acceptors (Lipinski definition) is 3. The molecule has 0 saturated carbocycles. The summed E-state index contributed by atoms with van der Waals surface area (Å²) in [7, 11) is 0. The Morgan fingerprint density at radius 3 is 2.81 bits per heavy atom. The minimum absolute atomic E-state index is 0.108. The molecule has 0 bridgehead atoms. The molecule has 92 valence electrons. The fourth-order valence-electron chi connectivity index (χ4n) is 2.57. The molecule has 0 aromatic rings. The number of carbonyl (C=O) groups is 1. The Bertz CT molecular complexity index is 264. The van der Waals surface area contributed by atoms with Crippen LogP contribution in [0.25, 0.3) is 0 Å². The zero-order chi connectivity index (χ0) is 11.6. The molecule has 0 radical (unpaired) electrons. The van der Waals surface area contributed by atoms with Crippen molar-refractivity contribution >= 4 is 6.03 Å². The van der Waals surface area contributed by atoms with Crippen LogP contribution in [0.3, 0.4) is 0 Å². The van der Waals surface area contributed by atoms with Gasteiger partial charge in [-0.15, -0.1) is 0 Å². The lowest BCUT2D eigenvalue weighted by Gasteiger charge is -2.36. The van der Waals surface area contributed by atoms with E-state index >= 15 is 0 Å². The first-order valence-corrected chi connectivity index (χ1v) is 6.17. The second kappa shape index (κ2) is 4.59. The van der Waals surface area contributed by atoms with Crippen LogP contribution in [-0.2, 0) is 0 Å². The van der Waals surface area contributed by atoms with E-state index in [0.29, 0.717) is 6.54 Å². The number of piperidine rings is 1. The molecule has 5 nitrogen and oxygen atoms in total. The number of nitrogens with zero attached hydrogens (tertiary/aromatic N) is 1. The quantitative estimate of drug-likeness (QED) is 0.647.